The minimum absolute atomic E-state index is 0.260. The molecule has 0 atom stereocenters. The van der Waals surface area contributed by atoms with Crippen molar-refractivity contribution in [1.82, 2.24) is 0 Å². The van der Waals surface area contributed by atoms with Crippen LogP contribution >= 0.6 is 0 Å². The third kappa shape index (κ3) is 36.1. The zero-order valence-electron chi connectivity index (χ0n) is 11.8. The van der Waals surface area contributed by atoms with E-state index in [4.69, 9.17) is 37.0 Å². The quantitative estimate of drug-likeness (QED) is 0.262. The average Bonchev–Trinajstić information content (AvgIpc) is 2.43. The van der Waals surface area contributed by atoms with Crippen LogP contribution in [0.2, 0.25) is 0 Å². The summed E-state index contributed by atoms with van der Waals surface area (Å²) < 4.78 is 0. The lowest BCUT2D eigenvalue weighted by Gasteiger charge is -1.98. The normalized spacial score (nSPS) is 8.91. The Morgan fingerprint density at radius 2 is 0.818 bits per heavy atom. The van der Waals surface area contributed by atoms with Crippen molar-refractivity contribution in [2.24, 2.45) is 11.5 Å². The average molecular weight is 326 g/mol. The first-order valence-corrected chi connectivity index (χ1v) is 6.02. The van der Waals surface area contributed by atoms with E-state index in [1.165, 1.54) is 0 Å². The van der Waals surface area contributed by atoms with Crippen LogP contribution in [0, 0.1) is 0 Å². The lowest BCUT2D eigenvalue weighted by molar-refractivity contribution is -0.143. The SMILES string of the molecule is NCC(O)CN.O=C(O)CCC(=O)O.O=C(O)CCC(=O)O. The van der Waals surface area contributed by atoms with Crippen molar-refractivity contribution in [3.63, 3.8) is 0 Å². The summed E-state index contributed by atoms with van der Waals surface area (Å²) in [5.74, 6) is -4.31. The molecule has 0 unspecified atom stereocenters. The molecule has 0 fully saturated rings. The number of aliphatic hydroxyl groups excluding tert-OH is 1. The topological polar surface area (TPSA) is 221 Å². The van der Waals surface area contributed by atoms with Gasteiger partial charge in [-0.1, -0.05) is 0 Å². The fraction of sp³-hybridized carbons (Fsp3) is 0.636. The predicted molar refractivity (Wildman–Crippen MR) is 73.1 cm³/mol. The van der Waals surface area contributed by atoms with E-state index >= 15 is 0 Å². The molecular weight excluding hydrogens is 304 g/mol. The van der Waals surface area contributed by atoms with Crippen LogP contribution in [-0.2, 0) is 19.2 Å². The minimum Gasteiger partial charge on any atom is -0.481 e. The number of carboxylic acids is 4. The lowest BCUT2D eigenvalue weighted by atomic mass is 10.3. The summed E-state index contributed by atoms with van der Waals surface area (Å²) in [6.07, 6.45) is -1.69. The van der Waals surface area contributed by atoms with Gasteiger partial charge in [-0.05, 0) is 0 Å². The maximum absolute atomic E-state index is 9.64. The Balaban J connectivity index is -0.000000249. The van der Waals surface area contributed by atoms with Crippen molar-refractivity contribution in [3.05, 3.63) is 0 Å². The van der Waals surface area contributed by atoms with E-state index in [1.807, 2.05) is 0 Å². The second-order valence-corrected chi connectivity index (χ2v) is 3.70. The van der Waals surface area contributed by atoms with Gasteiger partial charge in [0.2, 0.25) is 0 Å². The standard InChI is InChI=1S/2C4H6O4.C3H10N2O/c2*5-3(6)1-2-4(7)8;4-1-3(6)2-5/h2*1-2H2,(H,5,6)(H,7,8);3,6H,1-2,4-5H2. The van der Waals surface area contributed by atoms with Crippen LogP contribution in [0.5, 0.6) is 0 Å². The van der Waals surface area contributed by atoms with E-state index in [0.717, 1.165) is 0 Å². The number of hydrogen-bond donors (Lipinski definition) is 7. The number of carboxylic acid groups (broad SMARTS) is 4. The molecule has 0 aromatic rings. The molecule has 0 saturated heterocycles. The number of aliphatic carboxylic acids is 4. The Hall–Kier alpha value is -2.24. The van der Waals surface area contributed by atoms with Gasteiger partial charge in [-0.15, -0.1) is 0 Å². The Kier molecular flexibility index (Phi) is 18.9. The largest absolute Gasteiger partial charge is 0.481 e. The van der Waals surface area contributed by atoms with E-state index in [9.17, 15) is 19.2 Å². The Bertz CT molecular complexity index is 286. The van der Waals surface area contributed by atoms with Crippen LogP contribution in [0.25, 0.3) is 0 Å². The van der Waals surface area contributed by atoms with Crippen molar-refractivity contribution in [2.45, 2.75) is 31.8 Å². The third-order valence-corrected chi connectivity index (χ3v) is 1.65. The lowest BCUT2D eigenvalue weighted by Crippen LogP contribution is -2.27. The fourth-order valence-corrected chi connectivity index (χ4v) is 0.524. The summed E-state index contributed by atoms with van der Waals surface area (Å²) in [5.41, 5.74) is 9.91. The smallest absolute Gasteiger partial charge is 0.303 e. The van der Waals surface area contributed by atoms with E-state index < -0.39 is 30.0 Å². The van der Waals surface area contributed by atoms with E-state index in [1.54, 1.807) is 0 Å². The van der Waals surface area contributed by atoms with Crippen LogP contribution in [0.3, 0.4) is 0 Å². The highest BCUT2D eigenvalue weighted by Crippen LogP contribution is 1.86. The molecule has 9 N–H and O–H groups in total. The Morgan fingerprint density at radius 1 is 0.636 bits per heavy atom. The molecule has 130 valence electrons. The molecule has 11 nitrogen and oxygen atoms in total. The molecule has 0 spiro atoms. The molecule has 0 amide bonds. The van der Waals surface area contributed by atoms with Crippen molar-refractivity contribution in [1.29, 1.82) is 0 Å². The van der Waals surface area contributed by atoms with Crippen LogP contribution < -0.4 is 11.5 Å². The van der Waals surface area contributed by atoms with Crippen molar-refractivity contribution in [3.8, 4) is 0 Å². The highest BCUT2D eigenvalue weighted by Gasteiger charge is 2.01. The molecule has 22 heavy (non-hydrogen) atoms. The first kappa shape index (κ1) is 24.8. The van der Waals surface area contributed by atoms with Gasteiger partial charge >= 0.3 is 23.9 Å². The summed E-state index contributed by atoms with van der Waals surface area (Å²) in [6.45, 7) is 0.521. The molecule has 0 radical (unpaired) electrons. The molecule has 0 aromatic carbocycles. The monoisotopic (exact) mass is 326 g/mol. The highest BCUT2D eigenvalue weighted by molar-refractivity contribution is 5.75. The number of rotatable bonds is 8. The molecule has 0 bridgehead atoms. The van der Waals surface area contributed by atoms with Crippen LogP contribution in [-0.4, -0.2) is 68.6 Å². The zero-order valence-corrected chi connectivity index (χ0v) is 11.8. The minimum atomic E-state index is -1.08. The van der Waals surface area contributed by atoms with Gasteiger partial charge in [0.05, 0.1) is 31.8 Å². The Morgan fingerprint density at radius 3 is 0.864 bits per heavy atom. The van der Waals surface area contributed by atoms with Crippen LogP contribution in [0.4, 0.5) is 0 Å². The third-order valence-electron chi connectivity index (χ3n) is 1.65. The highest BCUT2D eigenvalue weighted by atomic mass is 16.4. The van der Waals surface area contributed by atoms with Gasteiger partial charge in [-0.3, -0.25) is 19.2 Å². The molecule has 0 aromatic heterocycles. The summed E-state index contributed by atoms with van der Waals surface area (Å²) >= 11 is 0. The second-order valence-electron chi connectivity index (χ2n) is 3.70. The zero-order chi connectivity index (χ0) is 18.1. The van der Waals surface area contributed by atoms with E-state index in [-0.39, 0.29) is 38.8 Å². The van der Waals surface area contributed by atoms with Crippen molar-refractivity contribution >= 4 is 23.9 Å². The van der Waals surface area contributed by atoms with Gasteiger partial charge in [0.25, 0.3) is 0 Å². The molecule has 0 aliphatic carbocycles. The number of carbonyl (C=O) groups is 4. The maximum atomic E-state index is 9.64. The van der Waals surface area contributed by atoms with E-state index in [2.05, 4.69) is 0 Å². The van der Waals surface area contributed by atoms with Crippen molar-refractivity contribution in [2.75, 3.05) is 13.1 Å². The number of aliphatic hydroxyl groups is 1. The second kappa shape index (κ2) is 16.8. The van der Waals surface area contributed by atoms with Crippen LogP contribution in [0.15, 0.2) is 0 Å². The van der Waals surface area contributed by atoms with Gasteiger partial charge in [0, 0.05) is 13.1 Å². The maximum Gasteiger partial charge on any atom is 0.303 e. The Labute approximate surface area is 126 Å². The molecule has 0 aliphatic rings. The summed E-state index contributed by atoms with van der Waals surface area (Å²) in [5, 5.41) is 40.0. The molecule has 0 rings (SSSR count). The predicted octanol–water partition coefficient (Wildman–Crippen LogP) is -1.86. The van der Waals surface area contributed by atoms with E-state index in [0.29, 0.717) is 0 Å². The first-order valence-electron chi connectivity index (χ1n) is 6.02. The molecule has 0 aliphatic heterocycles. The van der Waals surface area contributed by atoms with Gasteiger partial charge < -0.3 is 37.0 Å². The number of nitrogens with two attached hydrogens (primary N) is 2. The number of hydrogen-bond acceptors (Lipinski definition) is 7. The first-order chi connectivity index (χ1) is 10.1. The summed E-state index contributed by atoms with van der Waals surface area (Å²) in [6, 6.07) is 0. The van der Waals surface area contributed by atoms with Gasteiger partial charge in [0.1, 0.15) is 0 Å². The summed E-state index contributed by atoms with van der Waals surface area (Å²) in [4.78, 5) is 38.6. The van der Waals surface area contributed by atoms with Crippen LogP contribution in [0.1, 0.15) is 25.7 Å². The van der Waals surface area contributed by atoms with Gasteiger partial charge in [-0.25, -0.2) is 0 Å². The molecular formula is C11H22N2O9. The molecule has 0 heterocycles. The fourth-order valence-electron chi connectivity index (χ4n) is 0.524. The molecule has 11 heteroatoms. The summed E-state index contributed by atoms with van der Waals surface area (Å²) in [7, 11) is 0. The van der Waals surface area contributed by atoms with Gasteiger partial charge in [-0.2, -0.15) is 0 Å². The molecule has 0 saturated carbocycles. The van der Waals surface area contributed by atoms with Gasteiger partial charge in [0.15, 0.2) is 0 Å². The van der Waals surface area contributed by atoms with Crippen molar-refractivity contribution < 1.29 is 44.7 Å².